The van der Waals surface area contributed by atoms with Crippen molar-refractivity contribution in [3.05, 3.63) is 82.4 Å². The molecule has 6 nitrogen and oxygen atoms in total. The summed E-state index contributed by atoms with van der Waals surface area (Å²) in [5.74, 6) is -1.64. The van der Waals surface area contributed by atoms with Crippen LogP contribution in [-0.2, 0) is 9.59 Å². The molecule has 1 saturated heterocycles. The van der Waals surface area contributed by atoms with Crippen molar-refractivity contribution in [2.45, 2.75) is 13.3 Å². The van der Waals surface area contributed by atoms with Gasteiger partial charge in [-0.3, -0.25) is 19.2 Å². The summed E-state index contributed by atoms with van der Waals surface area (Å²) in [7, 11) is 0. The highest BCUT2D eigenvalue weighted by atomic mass is 35.5. The van der Waals surface area contributed by atoms with Crippen LogP contribution in [0, 0.1) is 42.4 Å². The lowest BCUT2D eigenvalue weighted by atomic mass is 9.63. The average molecular weight is 475 g/mol. The molecule has 3 fully saturated rings. The number of ketones is 1. The SMILES string of the molecule is Cc1ccc(C(=O)CN(C(=O)c2ccc(Cl)cc2)N2C(=O)C3C4C=CC(C5CC45)C3C2=O)cc1. The molecule has 2 saturated carbocycles. The topological polar surface area (TPSA) is 74.8 Å². The molecule has 34 heavy (non-hydrogen) atoms. The normalized spacial score (nSPS) is 30.2. The third-order valence-electron chi connectivity index (χ3n) is 7.87. The van der Waals surface area contributed by atoms with Gasteiger partial charge in [0.05, 0.1) is 11.8 Å². The number of carbonyl (C=O) groups is 4. The highest BCUT2D eigenvalue weighted by Gasteiger charge is 2.68. The van der Waals surface area contributed by atoms with Crippen LogP contribution < -0.4 is 0 Å². The fourth-order valence-corrected chi connectivity index (χ4v) is 6.25. The number of rotatable bonds is 5. The first-order valence-corrected chi connectivity index (χ1v) is 12.0. The molecular formula is C27H23ClN2O4. The molecule has 0 spiro atoms. The number of nitrogens with zero attached hydrogens (tertiary/aromatic N) is 2. The molecule has 1 aliphatic heterocycles. The molecule has 6 unspecified atom stereocenters. The molecule has 5 aliphatic rings. The van der Waals surface area contributed by atoms with E-state index in [1.165, 1.54) is 12.1 Å². The van der Waals surface area contributed by atoms with Gasteiger partial charge in [-0.25, -0.2) is 5.01 Å². The highest BCUT2D eigenvalue weighted by Crippen LogP contribution is 2.65. The van der Waals surface area contributed by atoms with E-state index < -0.39 is 24.3 Å². The molecule has 6 atom stereocenters. The van der Waals surface area contributed by atoms with Gasteiger partial charge in [0.1, 0.15) is 6.54 Å². The van der Waals surface area contributed by atoms with Crippen LogP contribution in [0.2, 0.25) is 5.02 Å². The van der Waals surface area contributed by atoms with Crippen LogP contribution in [0.1, 0.15) is 32.7 Å². The summed E-state index contributed by atoms with van der Waals surface area (Å²) in [6.45, 7) is 1.51. The monoisotopic (exact) mass is 474 g/mol. The van der Waals surface area contributed by atoms with Crippen LogP contribution in [-0.4, -0.2) is 40.1 Å². The van der Waals surface area contributed by atoms with E-state index in [-0.39, 0.29) is 35.0 Å². The molecule has 4 aliphatic carbocycles. The lowest BCUT2D eigenvalue weighted by Gasteiger charge is -2.37. The molecule has 2 bridgehead atoms. The lowest BCUT2D eigenvalue weighted by Crippen LogP contribution is -2.52. The summed E-state index contributed by atoms with van der Waals surface area (Å²) < 4.78 is 0. The Hall–Kier alpha value is -3.25. The number of allylic oxidation sites excluding steroid dienone is 2. The molecule has 7 heteroatoms. The van der Waals surface area contributed by atoms with E-state index in [1.807, 2.05) is 19.1 Å². The molecule has 1 heterocycles. The van der Waals surface area contributed by atoms with Crippen LogP contribution in [0.4, 0.5) is 0 Å². The zero-order chi connectivity index (χ0) is 23.7. The van der Waals surface area contributed by atoms with E-state index in [9.17, 15) is 19.2 Å². The molecule has 172 valence electrons. The molecule has 0 N–H and O–H groups in total. The maximum Gasteiger partial charge on any atom is 0.273 e. The molecular weight excluding hydrogens is 452 g/mol. The molecule has 7 rings (SSSR count). The molecule has 2 aromatic carbocycles. The van der Waals surface area contributed by atoms with E-state index in [2.05, 4.69) is 12.2 Å². The van der Waals surface area contributed by atoms with Gasteiger partial charge in [0.15, 0.2) is 5.78 Å². The third-order valence-corrected chi connectivity index (χ3v) is 8.13. The molecule has 2 aromatic rings. The van der Waals surface area contributed by atoms with Crippen LogP contribution >= 0.6 is 11.6 Å². The van der Waals surface area contributed by atoms with Gasteiger partial charge in [0.25, 0.3) is 17.7 Å². The first-order valence-electron chi connectivity index (χ1n) is 11.6. The summed E-state index contributed by atoms with van der Waals surface area (Å²) in [5, 5.41) is 2.47. The number of benzene rings is 2. The Morgan fingerprint density at radius 1 is 0.882 bits per heavy atom. The van der Waals surface area contributed by atoms with Gasteiger partial charge in [-0.2, -0.15) is 5.01 Å². The number of hydrogen-bond acceptors (Lipinski definition) is 4. The minimum absolute atomic E-state index is 0.0294. The second-order valence-corrected chi connectivity index (χ2v) is 10.2. The van der Waals surface area contributed by atoms with Crippen LogP contribution in [0.25, 0.3) is 0 Å². The number of amides is 3. The van der Waals surface area contributed by atoms with Crippen molar-refractivity contribution in [3.63, 3.8) is 0 Å². The molecule has 3 amide bonds. The smallest absolute Gasteiger partial charge is 0.273 e. The van der Waals surface area contributed by atoms with E-state index in [1.54, 1.807) is 24.3 Å². The van der Waals surface area contributed by atoms with Gasteiger partial charge in [0.2, 0.25) is 0 Å². The Morgan fingerprint density at radius 3 is 1.97 bits per heavy atom. The van der Waals surface area contributed by atoms with Crippen molar-refractivity contribution in [2.24, 2.45) is 35.5 Å². The number of hydrogen-bond donors (Lipinski definition) is 0. The molecule has 0 radical (unpaired) electrons. The summed E-state index contributed by atoms with van der Waals surface area (Å²) in [6, 6.07) is 13.2. The van der Waals surface area contributed by atoms with Crippen LogP contribution in [0.3, 0.4) is 0 Å². The number of aryl methyl sites for hydroxylation is 1. The van der Waals surface area contributed by atoms with Gasteiger partial charge >= 0.3 is 0 Å². The highest BCUT2D eigenvalue weighted by molar-refractivity contribution is 6.30. The number of imide groups is 1. The third kappa shape index (κ3) is 3.16. The molecule has 0 aromatic heterocycles. The van der Waals surface area contributed by atoms with E-state index in [0.29, 0.717) is 22.4 Å². The quantitative estimate of drug-likeness (QED) is 0.373. The summed E-state index contributed by atoms with van der Waals surface area (Å²) in [6.07, 6.45) is 5.21. The van der Waals surface area contributed by atoms with E-state index >= 15 is 0 Å². The van der Waals surface area contributed by atoms with Crippen molar-refractivity contribution < 1.29 is 19.2 Å². The number of halogens is 1. The first-order chi connectivity index (χ1) is 16.3. The number of carbonyl (C=O) groups excluding carboxylic acids is 4. The van der Waals surface area contributed by atoms with Crippen LogP contribution in [0.15, 0.2) is 60.7 Å². The van der Waals surface area contributed by atoms with E-state index in [4.69, 9.17) is 11.6 Å². The van der Waals surface area contributed by atoms with Crippen molar-refractivity contribution in [1.82, 2.24) is 10.0 Å². The van der Waals surface area contributed by atoms with Gasteiger partial charge in [-0.1, -0.05) is 53.6 Å². The van der Waals surface area contributed by atoms with Crippen molar-refractivity contribution in [3.8, 4) is 0 Å². The first kappa shape index (κ1) is 21.3. The predicted molar refractivity (Wildman–Crippen MR) is 125 cm³/mol. The fraction of sp³-hybridized carbons (Fsp3) is 0.333. The number of Topliss-reactive ketones (excluding diaryl/α,β-unsaturated/α-hetero) is 1. The Kier molecular flexibility index (Phi) is 4.78. The van der Waals surface area contributed by atoms with Gasteiger partial charge < -0.3 is 0 Å². The zero-order valence-electron chi connectivity index (χ0n) is 18.6. The number of hydrazine groups is 1. The minimum Gasteiger partial charge on any atom is -0.292 e. The largest absolute Gasteiger partial charge is 0.292 e. The summed E-state index contributed by atoms with van der Waals surface area (Å²) in [5.41, 5.74) is 1.67. The Morgan fingerprint density at radius 2 is 1.41 bits per heavy atom. The standard InChI is InChI=1S/C27H23ClN2O4/c1-14-2-4-15(5-3-14)22(31)13-29(25(32)16-6-8-17(28)9-7-16)30-26(33)23-18-10-11-19(21-12-20(18)21)24(23)27(30)34/h2-11,18-21,23-24H,12-13H2,1H3. The van der Waals surface area contributed by atoms with Gasteiger partial charge in [-0.15, -0.1) is 0 Å². The average Bonchev–Trinajstić information content (AvgIpc) is 3.62. The second-order valence-electron chi connectivity index (χ2n) is 9.80. The lowest BCUT2D eigenvalue weighted by molar-refractivity contribution is -0.154. The fourth-order valence-electron chi connectivity index (χ4n) is 6.12. The van der Waals surface area contributed by atoms with Crippen LogP contribution in [0.5, 0.6) is 0 Å². The Labute approximate surface area is 202 Å². The maximum atomic E-state index is 13.6. The maximum absolute atomic E-state index is 13.6. The second kappa shape index (κ2) is 7.64. The predicted octanol–water partition coefficient (Wildman–Crippen LogP) is 3.94. The van der Waals surface area contributed by atoms with E-state index in [0.717, 1.165) is 22.0 Å². The minimum atomic E-state index is -0.581. The van der Waals surface area contributed by atoms with Crippen molar-refractivity contribution in [2.75, 3.05) is 6.54 Å². The zero-order valence-corrected chi connectivity index (χ0v) is 19.3. The van der Waals surface area contributed by atoms with Crippen molar-refractivity contribution in [1.29, 1.82) is 0 Å². The summed E-state index contributed by atoms with van der Waals surface area (Å²) >= 11 is 5.98. The Bertz CT molecular complexity index is 1220. The summed E-state index contributed by atoms with van der Waals surface area (Å²) in [4.78, 5) is 54.0. The van der Waals surface area contributed by atoms with Gasteiger partial charge in [-0.05, 0) is 61.3 Å². The van der Waals surface area contributed by atoms with Crippen molar-refractivity contribution >= 4 is 35.1 Å². The Balaban J connectivity index is 1.36. The van der Waals surface area contributed by atoms with Gasteiger partial charge in [0, 0.05) is 16.1 Å².